The Bertz CT molecular complexity index is 476. The van der Waals surface area contributed by atoms with Crippen LogP contribution >= 0.6 is 27.3 Å². The summed E-state index contributed by atoms with van der Waals surface area (Å²) in [5.41, 5.74) is 2.55. The first-order valence-corrected chi connectivity index (χ1v) is 6.36. The quantitative estimate of drug-likeness (QED) is 0.853. The van der Waals surface area contributed by atoms with Gasteiger partial charge in [-0.25, -0.2) is 0 Å². The molecule has 3 heteroatoms. The number of nitrogens with one attached hydrogen (secondary N) is 1. The summed E-state index contributed by atoms with van der Waals surface area (Å²) in [5.74, 6) is 0. The molecule has 0 bridgehead atoms. The molecule has 2 rings (SSSR count). The molecule has 0 fully saturated rings. The molecule has 0 radical (unpaired) electrons. The summed E-state index contributed by atoms with van der Waals surface area (Å²) >= 11 is 5.29. The van der Waals surface area contributed by atoms with Gasteiger partial charge in [-0.15, -0.1) is 11.3 Å². The maximum absolute atomic E-state index is 3.51. The summed E-state index contributed by atoms with van der Waals surface area (Å²) in [7, 11) is 1.95. The van der Waals surface area contributed by atoms with Crippen LogP contribution in [-0.2, 0) is 0 Å². The van der Waals surface area contributed by atoms with Gasteiger partial charge < -0.3 is 5.32 Å². The number of hydrogen-bond acceptors (Lipinski definition) is 2. The number of anilines is 1. The van der Waals surface area contributed by atoms with Gasteiger partial charge >= 0.3 is 0 Å². The third-order valence-corrected chi connectivity index (χ3v) is 4.34. The van der Waals surface area contributed by atoms with Crippen LogP contribution in [0.4, 0.5) is 5.00 Å². The van der Waals surface area contributed by atoms with Crippen LogP contribution in [0.2, 0.25) is 0 Å². The molecule has 0 saturated heterocycles. The zero-order valence-corrected chi connectivity index (χ0v) is 11.1. The van der Waals surface area contributed by atoms with Crippen LogP contribution in [-0.4, -0.2) is 7.05 Å². The number of benzene rings is 1. The first-order chi connectivity index (χ1) is 7.20. The molecule has 1 nitrogen and oxygen atoms in total. The highest BCUT2D eigenvalue weighted by atomic mass is 79.9. The van der Waals surface area contributed by atoms with E-state index in [0.29, 0.717) is 0 Å². The summed E-state index contributed by atoms with van der Waals surface area (Å²) < 4.78 is 1.16. The predicted molar refractivity (Wildman–Crippen MR) is 71.7 cm³/mol. The van der Waals surface area contributed by atoms with Crippen molar-refractivity contribution in [3.63, 3.8) is 0 Å². The highest BCUT2D eigenvalue weighted by Crippen LogP contribution is 2.32. The zero-order valence-electron chi connectivity index (χ0n) is 8.67. The topological polar surface area (TPSA) is 12.0 Å². The SMILES string of the molecule is CNc1ccc(-c2ccc(Br)c(C)c2)s1. The lowest BCUT2D eigenvalue weighted by molar-refractivity contribution is 1.44. The normalized spacial score (nSPS) is 10.3. The van der Waals surface area contributed by atoms with Gasteiger partial charge in [0.25, 0.3) is 0 Å². The highest BCUT2D eigenvalue weighted by molar-refractivity contribution is 9.10. The fourth-order valence-electron chi connectivity index (χ4n) is 1.43. The second-order valence-corrected chi connectivity index (χ2v) is 5.32. The summed E-state index contributed by atoms with van der Waals surface area (Å²) in [6.45, 7) is 2.11. The smallest absolute Gasteiger partial charge is 0.0886 e. The van der Waals surface area contributed by atoms with Crippen molar-refractivity contribution < 1.29 is 0 Å². The van der Waals surface area contributed by atoms with E-state index in [-0.39, 0.29) is 0 Å². The average molecular weight is 282 g/mol. The van der Waals surface area contributed by atoms with Crippen LogP contribution in [0.25, 0.3) is 10.4 Å². The number of rotatable bonds is 2. The first kappa shape index (κ1) is 10.7. The number of hydrogen-bond donors (Lipinski definition) is 1. The Morgan fingerprint density at radius 1 is 1.20 bits per heavy atom. The zero-order chi connectivity index (χ0) is 10.8. The van der Waals surface area contributed by atoms with Crippen molar-refractivity contribution in [3.05, 3.63) is 40.4 Å². The van der Waals surface area contributed by atoms with Crippen molar-refractivity contribution in [1.82, 2.24) is 0 Å². The number of halogens is 1. The van der Waals surface area contributed by atoms with Crippen molar-refractivity contribution in [2.75, 3.05) is 12.4 Å². The van der Waals surface area contributed by atoms with Gasteiger partial charge in [-0.3, -0.25) is 0 Å². The highest BCUT2D eigenvalue weighted by Gasteiger charge is 2.03. The molecule has 1 aromatic carbocycles. The molecule has 0 atom stereocenters. The fourth-order valence-corrected chi connectivity index (χ4v) is 2.53. The maximum atomic E-state index is 3.51. The van der Waals surface area contributed by atoms with E-state index in [4.69, 9.17) is 0 Å². The Balaban J connectivity index is 2.40. The number of thiophene rings is 1. The van der Waals surface area contributed by atoms with Crippen molar-refractivity contribution >= 4 is 32.3 Å². The second kappa shape index (κ2) is 4.37. The molecule has 0 aliphatic rings. The van der Waals surface area contributed by atoms with Crippen LogP contribution in [0.5, 0.6) is 0 Å². The van der Waals surface area contributed by atoms with Crippen LogP contribution in [0.15, 0.2) is 34.8 Å². The monoisotopic (exact) mass is 281 g/mol. The Labute approximate surface area is 102 Å². The molecule has 2 aromatic rings. The molecular weight excluding hydrogens is 270 g/mol. The van der Waals surface area contributed by atoms with Gasteiger partial charge in [0.1, 0.15) is 0 Å². The standard InChI is InChI=1S/C12H12BrNS/c1-8-7-9(3-4-10(8)13)11-5-6-12(14-2)15-11/h3-7,14H,1-2H3. The molecule has 1 N–H and O–H groups in total. The van der Waals surface area contributed by atoms with Gasteiger partial charge in [0, 0.05) is 16.4 Å². The van der Waals surface area contributed by atoms with E-state index >= 15 is 0 Å². The first-order valence-electron chi connectivity index (χ1n) is 4.75. The minimum absolute atomic E-state index is 1.16. The Kier molecular flexibility index (Phi) is 3.12. The minimum Gasteiger partial charge on any atom is -0.380 e. The van der Waals surface area contributed by atoms with Crippen LogP contribution in [0.1, 0.15) is 5.56 Å². The largest absolute Gasteiger partial charge is 0.380 e. The third-order valence-electron chi connectivity index (χ3n) is 2.29. The molecule has 0 aliphatic heterocycles. The molecule has 1 aromatic heterocycles. The average Bonchev–Trinajstić information content (AvgIpc) is 2.70. The van der Waals surface area contributed by atoms with Gasteiger partial charge in [0.2, 0.25) is 0 Å². The summed E-state index contributed by atoms with van der Waals surface area (Å²) in [5, 5.41) is 4.35. The Morgan fingerprint density at radius 2 is 2.00 bits per heavy atom. The Hall–Kier alpha value is -0.800. The molecule has 78 valence electrons. The van der Waals surface area contributed by atoms with Gasteiger partial charge in [-0.05, 0) is 42.3 Å². The summed E-state index contributed by atoms with van der Waals surface area (Å²) in [4.78, 5) is 1.30. The fraction of sp³-hybridized carbons (Fsp3) is 0.167. The maximum Gasteiger partial charge on any atom is 0.0886 e. The van der Waals surface area contributed by atoms with Crippen LogP contribution < -0.4 is 5.32 Å². The summed E-state index contributed by atoms with van der Waals surface area (Å²) in [6, 6.07) is 10.7. The van der Waals surface area contributed by atoms with Crippen molar-refractivity contribution in [3.8, 4) is 10.4 Å². The van der Waals surface area contributed by atoms with E-state index in [2.05, 4.69) is 58.5 Å². The van der Waals surface area contributed by atoms with E-state index in [9.17, 15) is 0 Å². The van der Waals surface area contributed by atoms with E-state index in [0.717, 1.165) is 4.47 Å². The molecule has 0 aliphatic carbocycles. The molecule has 0 saturated carbocycles. The van der Waals surface area contributed by atoms with Crippen molar-refractivity contribution in [1.29, 1.82) is 0 Å². The minimum atomic E-state index is 1.16. The molecular formula is C12H12BrNS. The van der Waals surface area contributed by atoms with Gasteiger partial charge in [0.15, 0.2) is 0 Å². The van der Waals surface area contributed by atoms with Gasteiger partial charge in [-0.2, -0.15) is 0 Å². The summed E-state index contributed by atoms with van der Waals surface area (Å²) in [6.07, 6.45) is 0. The second-order valence-electron chi connectivity index (χ2n) is 3.38. The van der Waals surface area contributed by atoms with E-state index < -0.39 is 0 Å². The van der Waals surface area contributed by atoms with E-state index in [1.54, 1.807) is 11.3 Å². The number of aryl methyl sites for hydroxylation is 1. The lowest BCUT2D eigenvalue weighted by Gasteiger charge is -2.01. The van der Waals surface area contributed by atoms with E-state index in [1.807, 2.05) is 7.05 Å². The molecule has 0 amide bonds. The molecule has 0 spiro atoms. The lowest BCUT2D eigenvalue weighted by atomic mass is 10.1. The van der Waals surface area contributed by atoms with Gasteiger partial charge in [0.05, 0.1) is 5.00 Å². The van der Waals surface area contributed by atoms with Crippen molar-refractivity contribution in [2.24, 2.45) is 0 Å². The lowest BCUT2D eigenvalue weighted by Crippen LogP contribution is -1.80. The molecule has 1 heterocycles. The molecule has 15 heavy (non-hydrogen) atoms. The molecule has 0 unspecified atom stereocenters. The van der Waals surface area contributed by atoms with Crippen molar-refractivity contribution in [2.45, 2.75) is 6.92 Å². The van der Waals surface area contributed by atoms with Crippen LogP contribution in [0, 0.1) is 6.92 Å². The third kappa shape index (κ3) is 2.24. The van der Waals surface area contributed by atoms with Gasteiger partial charge in [-0.1, -0.05) is 22.0 Å². The Morgan fingerprint density at radius 3 is 2.60 bits per heavy atom. The van der Waals surface area contributed by atoms with E-state index in [1.165, 1.54) is 21.0 Å². The predicted octanol–water partition coefficient (Wildman–Crippen LogP) is 4.53. The van der Waals surface area contributed by atoms with Crippen LogP contribution in [0.3, 0.4) is 0 Å².